The Bertz CT molecular complexity index is 475. The number of aliphatic hydroxyl groups is 1. The molecule has 0 bridgehead atoms. The molecule has 0 spiro atoms. The van der Waals surface area contributed by atoms with Gasteiger partial charge in [0, 0.05) is 18.7 Å². The highest BCUT2D eigenvalue weighted by atomic mass is 19.1. The van der Waals surface area contributed by atoms with E-state index in [1.165, 1.54) is 25.3 Å². The summed E-state index contributed by atoms with van der Waals surface area (Å²) in [6.45, 7) is 2.16. The molecule has 112 valence electrons. The summed E-state index contributed by atoms with van der Waals surface area (Å²) in [5.74, 6) is -0.899. The van der Waals surface area contributed by atoms with Crippen molar-refractivity contribution in [1.82, 2.24) is 10.2 Å². The van der Waals surface area contributed by atoms with Gasteiger partial charge in [-0.25, -0.2) is 4.39 Å². The van der Waals surface area contributed by atoms with E-state index in [9.17, 15) is 14.3 Å². The zero-order valence-corrected chi connectivity index (χ0v) is 12.2. The molecule has 0 aromatic heterocycles. The van der Waals surface area contributed by atoms with Gasteiger partial charge in [0.1, 0.15) is 0 Å². The second-order valence-electron chi connectivity index (χ2n) is 5.27. The summed E-state index contributed by atoms with van der Waals surface area (Å²) in [5.41, 5.74) is -0.757. The van der Waals surface area contributed by atoms with Gasteiger partial charge in [0.25, 0.3) is 5.91 Å². The van der Waals surface area contributed by atoms with Crippen LogP contribution in [0.5, 0.6) is 5.75 Å². The number of hydrogen-bond acceptors (Lipinski definition) is 4. The molecule has 0 saturated carbocycles. The van der Waals surface area contributed by atoms with Crippen molar-refractivity contribution in [2.75, 3.05) is 34.3 Å². The van der Waals surface area contributed by atoms with Crippen molar-refractivity contribution in [1.29, 1.82) is 0 Å². The summed E-state index contributed by atoms with van der Waals surface area (Å²) in [5, 5.41) is 12.7. The number of carbonyl (C=O) groups excluding carboxylic acids is 1. The molecule has 6 heteroatoms. The molecule has 1 aromatic carbocycles. The highest BCUT2D eigenvalue weighted by Gasteiger charge is 2.22. The van der Waals surface area contributed by atoms with Gasteiger partial charge >= 0.3 is 0 Å². The third-order valence-corrected chi connectivity index (χ3v) is 2.70. The number of halogens is 1. The largest absolute Gasteiger partial charge is 0.494 e. The van der Waals surface area contributed by atoms with Crippen LogP contribution in [0.3, 0.4) is 0 Å². The minimum atomic E-state index is -1.04. The average molecular weight is 284 g/mol. The van der Waals surface area contributed by atoms with Crippen LogP contribution in [0.25, 0.3) is 0 Å². The first kappa shape index (κ1) is 16.4. The Morgan fingerprint density at radius 2 is 2.15 bits per heavy atom. The molecule has 1 amide bonds. The lowest BCUT2D eigenvalue weighted by Gasteiger charge is -2.27. The molecule has 20 heavy (non-hydrogen) atoms. The van der Waals surface area contributed by atoms with Gasteiger partial charge in [-0.15, -0.1) is 0 Å². The quantitative estimate of drug-likeness (QED) is 0.814. The monoisotopic (exact) mass is 284 g/mol. The summed E-state index contributed by atoms with van der Waals surface area (Å²) in [6.07, 6.45) is 0. The van der Waals surface area contributed by atoms with Crippen LogP contribution in [0, 0.1) is 5.82 Å². The van der Waals surface area contributed by atoms with Gasteiger partial charge in [0.2, 0.25) is 0 Å². The van der Waals surface area contributed by atoms with Gasteiger partial charge in [0.15, 0.2) is 11.6 Å². The van der Waals surface area contributed by atoms with Gasteiger partial charge in [-0.05, 0) is 39.2 Å². The molecule has 2 N–H and O–H groups in total. The van der Waals surface area contributed by atoms with Crippen LogP contribution in [-0.2, 0) is 0 Å². The van der Waals surface area contributed by atoms with E-state index >= 15 is 0 Å². The first-order valence-electron chi connectivity index (χ1n) is 6.24. The number of nitrogens with zero attached hydrogens (tertiary/aromatic N) is 1. The summed E-state index contributed by atoms with van der Waals surface area (Å²) in [6, 6.07) is 3.87. The fourth-order valence-electron chi connectivity index (χ4n) is 1.91. The van der Waals surface area contributed by atoms with Crippen LogP contribution in [0.2, 0.25) is 0 Å². The Hall–Kier alpha value is -1.66. The maximum Gasteiger partial charge on any atom is 0.251 e. The standard InChI is InChI=1S/C14H21FN2O3/c1-14(19,9-17(2)3)8-16-13(18)10-5-6-11(15)12(7-10)20-4/h5-7,19H,8-9H2,1-4H3,(H,16,18). The maximum atomic E-state index is 13.2. The van der Waals surface area contributed by atoms with Crippen molar-refractivity contribution in [3.8, 4) is 5.75 Å². The van der Waals surface area contributed by atoms with E-state index in [0.29, 0.717) is 6.54 Å². The molecule has 0 aliphatic heterocycles. The van der Waals surface area contributed by atoms with Crippen molar-refractivity contribution < 1.29 is 19.0 Å². The van der Waals surface area contributed by atoms with Crippen molar-refractivity contribution >= 4 is 5.91 Å². The van der Waals surface area contributed by atoms with Gasteiger partial charge in [-0.1, -0.05) is 0 Å². The Balaban J connectivity index is 2.68. The lowest BCUT2D eigenvalue weighted by Crippen LogP contribution is -2.47. The molecule has 0 radical (unpaired) electrons. The third-order valence-electron chi connectivity index (χ3n) is 2.70. The molecular weight excluding hydrogens is 263 g/mol. The SMILES string of the molecule is COc1cc(C(=O)NCC(C)(O)CN(C)C)ccc1F. The Labute approximate surface area is 118 Å². The molecule has 1 atom stereocenters. The number of methoxy groups -OCH3 is 1. The fraction of sp³-hybridized carbons (Fsp3) is 0.500. The number of likely N-dealkylation sites (N-methyl/N-ethyl adjacent to an activating group) is 1. The Kier molecular flexibility index (Phi) is 5.47. The number of nitrogens with one attached hydrogen (secondary N) is 1. The van der Waals surface area contributed by atoms with E-state index in [-0.39, 0.29) is 23.8 Å². The second kappa shape index (κ2) is 6.67. The summed E-state index contributed by atoms with van der Waals surface area (Å²) < 4.78 is 18.1. The smallest absolute Gasteiger partial charge is 0.251 e. The minimum absolute atomic E-state index is 0.0118. The maximum absolute atomic E-state index is 13.2. The van der Waals surface area contributed by atoms with E-state index in [1.54, 1.807) is 6.92 Å². The molecular formula is C14H21FN2O3. The molecule has 1 unspecified atom stereocenters. The second-order valence-corrected chi connectivity index (χ2v) is 5.27. The number of benzene rings is 1. The van der Waals surface area contributed by atoms with Crippen molar-refractivity contribution in [2.45, 2.75) is 12.5 Å². The van der Waals surface area contributed by atoms with E-state index in [2.05, 4.69) is 5.32 Å². The van der Waals surface area contributed by atoms with Gasteiger partial charge in [-0.2, -0.15) is 0 Å². The van der Waals surface area contributed by atoms with Crippen LogP contribution < -0.4 is 10.1 Å². The summed E-state index contributed by atoms with van der Waals surface area (Å²) >= 11 is 0. The van der Waals surface area contributed by atoms with Crippen molar-refractivity contribution in [3.05, 3.63) is 29.6 Å². The molecule has 1 aromatic rings. The zero-order valence-electron chi connectivity index (χ0n) is 12.2. The average Bonchev–Trinajstić information content (AvgIpc) is 2.35. The van der Waals surface area contributed by atoms with E-state index in [0.717, 1.165) is 0 Å². The fourth-order valence-corrected chi connectivity index (χ4v) is 1.91. The molecule has 0 aliphatic carbocycles. The van der Waals surface area contributed by atoms with E-state index < -0.39 is 11.4 Å². The van der Waals surface area contributed by atoms with Crippen molar-refractivity contribution in [2.24, 2.45) is 0 Å². The normalized spacial score (nSPS) is 13.9. The zero-order chi connectivity index (χ0) is 15.3. The predicted molar refractivity (Wildman–Crippen MR) is 74.5 cm³/mol. The molecule has 0 aliphatic rings. The van der Waals surface area contributed by atoms with Crippen LogP contribution in [0.15, 0.2) is 18.2 Å². The molecule has 0 saturated heterocycles. The van der Waals surface area contributed by atoms with Crippen LogP contribution >= 0.6 is 0 Å². The van der Waals surface area contributed by atoms with E-state index in [1.807, 2.05) is 19.0 Å². The van der Waals surface area contributed by atoms with Crippen LogP contribution in [0.1, 0.15) is 17.3 Å². The molecule has 0 heterocycles. The van der Waals surface area contributed by atoms with Gasteiger partial charge in [-0.3, -0.25) is 4.79 Å². The van der Waals surface area contributed by atoms with Crippen LogP contribution in [-0.4, -0.2) is 55.8 Å². The highest BCUT2D eigenvalue weighted by molar-refractivity contribution is 5.94. The number of amides is 1. The molecule has 0 fully saturated rings. The number of carbonyl (C=O) groups is 1. The number of rotatable bonds is 6. The van der Waals surface area contributed by atoms with E-state index in [4.69, 9.17) is 4.74 Å². The predicted octanol–water partition coefficient (Wildman–Crippen LogP) is 0.877. The molecule has 5 nitrogen and oxygen atoms in total. The van der Waals surface area contributed by atoms with Crippen molar-refractivity contribution in [3.63, 3.8) is 0 Å². The summed E-state index contributed by atoms with van der Waals surface area (Å²) in [4.78, 5) is 13.8. The third kappa shape index (κ3) is 4.79. The number of hydrogen-bond donors (Lipinski definition) is 2. The van der Waals surface area contributed by atoms with Gasteiger partial charge < -0.3 is 20.1 Å². The number of ether oxygens (including phenoxy) is 1. The Morgan fingerprint density at radius 1 is 1.50 bits per heavy atom. The van der Waals surface area contributed by atoms with Crippen LogP contribution in [0.4, 0.5) is 4.39 Å². The highest BCUT2D eigenvalue weighted by Crippen LogP contribution is 2.18. The van der Waals surface area contributed by atoms with Gasteiger partial charge in [0.05, 0.1) is 12.7 Å². The topological polar surface area (TPSA) is 61.8 Å². The minimum Gasteiger partial charge on any atom is -0.494 e. The lowest BCUT2D eigenvalue weighted by molar-refractivity contribution is 0.0326. The first-order valence-corrected chi connectivity index (χ1v) is 6.24. The first-order chi connectivity index (χ1) is 9.25. The lowest BCUT2D eigenvalue weighted by atomic mass is 10.1. The summed E-state index contributed by atoms with van der Waals surface area (Å²) in [7, 11) is 5.00. The molecule has 1 rings (SSSR count). The Morgan fingerprint density at radius 3 is 2.70 bits per heavy atom.